The molecule has 2 heteroatoms. The average molecular weight is 459 g/mol. The number of hydrogen-bond acceptors (Lipinski definition) is 2. The molecule has 0 aromatic rings. The van der Waals surface area contributed by atoms with Gasteiger partial charge in [-0.15, -0.1) is 0 Å². The standard InChI is InChI=1S/C31H54O2/c1-5-6-7-8-9-10-11-12-13-14-15-16-17-18-26-33-27-29-21-19-20-28(2)30(32)23-25-31(3,4)24-22-29/h20,22-23,25H,5-19,21,24,26-27H2,1-4H3/b25-23+,28-20+,29-22-. The molecule has 0 heterocycles. The molecule has 0 amide bonds. The summed E-state index contributed by atoms with van der Waals surface area (Å²) in [6.45, 7) is 10.2. The van der Waals surface area contributed by atoms with E-state index in [1.807, 2.05) is 6.92 Å². The quantitative estimate of drug-likeness (QED) is 0.160. The molecular formula is C31H54O2. The molecule has 1 aliphatic rings. The van der Waals surface area contributed by atoms with Gasteiger partial charge in [0, 0.05) is 6.61 Å². The van der Waals surface area contributed by atoms with Crippen LogP contribution < -0.4 is 0 Å². The lowest BCUT2D eigenvalue weighted by atomic mass is 9.87. The predicted octanol–water partition coefficient (Wildman–Crippen LogP) is 9.69. The van der Waals surface area contributed by atoms with E-state index < -0.39 is 0 Å². The van der Waals surface area contributed by atoms with Gasteiger partial charge in [0.25, 0.3) is 0 Å². The molecule has 1 aliphatic carbocycles. The fraction of sp³-hybridized carbons (Fsp3) is 0.774. The molecule has 0 bridgehead atoms. The van der Waals surface area contributed by atoms with Crippen LogP contribution in [0.3, 0.4) is 0 Å². The van der Waals surface area contributed by atoms with Crippen molar-refractivity contribution in [2.24, 2.45) is 5.41 Å². The minimum atomic E-state index is 0.000162. The monoisotopic (exact) mass is 458 g/mol. The maximum absolute atomic E-state index is 12.2. The third-order valence-electron chi connectivity index (χ3n) is 6.84. The lowest BCUT2D eigenvalue weighted by molar-refractivity contribution is -0.111. The van der Waals surface area contributed by atoms with E-state index in [9.17, 15) is 4.79 Å². The van der Waals surface area contributed by atoms with Crippen LogP contribution in [0.2, 0.25) is 0 Å². The van der Waals surface area contributed by atoms with Gasteiger partial charge < -0.3 is 4.74 Å². The molecule has 0 saturated heterocycles. The van der Waals surface area contributed by atoms with Crippen LogP contribution in [0.15, 0.2) is 35.5 Å². The van der Waals surface area contributed by atoms with Gasteiger partial charge >= 0.3 is 0 Å². The second-order valence-corrected chi connectivity index (χ2v) is 10.8. The van der Waals surface area contributed by atoms with Gasteiger partial charge in [0.05, 0.1) is 6.61 Å². The van der Waals surface area contributed by atoms with Crippen LogP contribution >= 0.6 is 0 Å². The van der Waals surface area contributed by atoms with Gasteiger partial charge in [-0.1, -0.05) is 122 Å². The summed E-state index contributed by atoms with van der Waals surface area (Å²) in [5.41, 5.74) is 2.23. The predicted molar refractivity (Wildman–Crippen MR) is 145 cm³/mol. The van der Waals surface area contributed by atoms with Crippen molar-refractivity contribution in [2.45, 2.75) is 137 Å². The first kappa shape index (κ1) is 29.9. The number of carbonyl (C=O) groups excluding carboxylic acids is 1. The summed E-state index contributed by atoms with van der Waals surface area (Å²) >= 11 is 0. The molecule has 0 aromatic heterocycles. The molecule has 0 unspecified atom stereocenters. The van der Waals surface area contributed by atoms with Crippen LogP contribution in [0.5, 0.6) is 0 Å². The molecule has 1 rings (SSSR count). The molecule has 2 nitrogen and oxygen atoms in total. The van der Waals surface area contributed by atoms with Gasteiger partial charge in [0.1, 0.15) is 0 Å². The van der Waals surface area contributed by atoms with E-state index in [1.54, 1.807) is 6.08 Å². The highest BCUT2D eigenvalue weighted by atomic mass is 16.5. The second-order valence-electron chi connectivity index (χ2n) is 10.8. The molecule has 0 fully saturated rings. The smallest absolute Gasteiger partial charge is 0.180 e. The normalized spacial score (nSPS) is 21.0. The lowest BCUT2D eigenvalue weighted by Crippen LogP contribution is -2.08. The largest absolute Gasteiger partial charge is 0.377 e. The Morgan fingerprint density at radius 3 is 1.94 bits per heavy atom. The van der Waals surface area contributed by atoms with E-state index in [2.05, 4.69) is 39.0 Å². The first-order valence-corrected chi connectivity index (χ1v) is 14.1. The Morgan fingerprint density at radius 2 is 1.36 bits per heavy atom. The Morgan fingerprint density at radius 1 is 0.818 bits per heavy atom. The topological polar surface area (TPSA) is 26.3 Å². The van der Waals surface area contributed by atoms with Crippen LogP contribution in [0.1, 0.15) is 137 Å². The molecule has 0 aliphatic heterocycles. The van der Waals surface area contributed by atoms with Crippen molar-refractivity contribution in [1.29, 1.82) is 0 Å². The summed E-state index contributed by atoms with van der Waals surface area (Å²) in [6.07, 6.45) is 30.5. The van der Waals surface area contributed by atoms with Crippen molar-refractivity contribution >= 4 is 5.78 Å². The highest BCUT2D eigenvalue weighted by Crippen LogP contribution is 2.25. The van der Waals surface area contributed by atoms with E-state index in [-0.39, 0.29) is 11.2 Å². The van der Waals surface area contributed by atoms with Gasteiger partial charge in [-0.05, 0) is 55.2 Å². The van der Waals surface area contributed by atoms with Gasteiger partial charge in [-0.2, -0.15) is 0 Å². The minimum Gasteiger partial charge on any atom is -0.377 e. The molecule has 33 heavy (non-hydrogen) atoms. The SMILES string of the molecule is CCCCCCCCCCCCCCCCOC/C1=C\CC(C)(C)/C=C/C(=O)/C(C)=C/CC1. The second kappa shape index (κ2) is 19.2. The zero-order valence-corrected chi connectivity index (χ0v) is 22.6. The Bertz CT molecular complexity index is 594. The van der Waals surface area contributed by atoms with Gasteiger partial charge in [-0.25, -0.2) is 0 Å². The molecule has 0 atom stereocenters. The van der Waals surface area contributed by atoms with E-state index in [0.29, 0.717) is 0 Å². The van der Waals surface area contributed by atoms with Crippen molar-refractivity contribution < 1.29 is 9.53 Å². The maximum atomic E-state index is 12.2. The number of allylic oxidation sites excluding steroid dienone is 5. The van der Waals surface area contributed by atoms with Gasteiger partial charge in [0.15, 0.2) is 5.78 Å². The zero-order valence-electron chi connectivity index (χ0n) is 22.6. The van der Waals surface area contributed by atoms with Crippen molar-refractivity contribution in [3.8, 4) is 0 Å². The summed E-state index contributed by atoms with van der Waals surface area (Å²) in [5, 5.41) is 0. The number of ether oxygens (including phenoxy) is 1. The van der Waals surface area contributed by atoms with Crippen LogP contribution in [-0.4, -0.2) is 19.0 Å². The number of rotatable bonds is 17. The van der Waals surface area contributed by atoms with Gasteiger partial charge in [-0.3, -0.25) is 4.79 Å². The number of ketones is 1. The molecule has 0 N–H and O–H groups in total. The third kappa shape index (κ3) is 17.0. The molecule has 0 saturated carbocycles. The fourth-order valence-electron chi connectivity index (χ4n) is 4.32. The van der Waals surface area contributed by atoms with E-state index in [0.717, 1.165) is 38.0 Å². The van der Waals surface area contributed by atoms with Crippen LogP contribution in [0, 0.1) is 5.41 Å². The summed E-state index contributed by atoms with van der Waals surface area (Å²) in [7, 11) is 0. The van der Waals surface area contributed by atoms with Gasteiger partial charge in [0.2, 0.25) is 0 Å². The minimum absolute atomic E-state index is 0.000162. The Labute approximate surface area is 206 Å². The highest BCUT2D eigenvalue weighted by molar-refractivity contribution is 6.03. The zero-order chi connectivity index (χ0) is 24.2. The van der Waals surface area contributed by atoms with Crippen molar-refractivity contribution in [3.63, 3.8) is 0 Å². The highest BCUT2D eigenvalue weighted by Gasteiger charge is 2.14. The Balaban J connectivity index is 2.07. The summed E-state index contributed by atoms with van der Waals surface area (Å²) < 4.78 is 6.02. The summed E-state index contributed by atoms with van der Waals surface area (Å²) in [6, 6.07) is 0. The number of carbonyl (C=O) groups is 1. The lowest BCUT2D eigenvalue weighted by Gasteiger charge is -2.18. The molecule has 0 radical (unpaired) electrons. The Kier molecular flexibility index (Phi) is 17.4. The fourth-order valence-corrected chi connectivity index (χ4v) is 4.32. The van der Waals surface area contributed by atoms with E-state index in [1.165, 1.54) is 95.5 Å². The maximum Gasteiger partial charge on any atom is 0.180 e. The van der Waals surface area contributed by atoms with E-state index in [4.69, 9.17) is 4.74 Å². The molecule has 0 spiro atoms. The van der Waals surface area contributed by atoms with Crippen molar-refractivity contribution in [3.05, 3.63) is 35.5 Å². The number of hydrogen-bond donors (Lipinski definition) is 0. The van der Waals surface area contributed by atoms with Crippen molar-refractivity contribution in [2.75, 3.05) is 13.2 Å². The molecule has 0 aromatic carbocycles. The summed E-state index contributed by atoms with van der Waals surface area (Å²) in [5.74, 6) is 0.139. The van der Waals surface area contributed by atoms with E-state index >= 15 is 0 Å². The first-order chi connectivity index (χ1) is 15.9. The third-order valence-corrected chi connectivity index (χ3v) is 6.84. The average Bonchev–Trinajstić information content (AvgIpc) is 2.81. The summed E-state index contributed by atoms with van der Waals surface area (Å²) in [4.78, 5) is 12.2. The van der Waals surface area contributed by atoms with Crippen LogP contribution in [-0.2, 0) is 9.53 Å². The Hall–Kier alpha value is -1.15. The molecular weight excluding hydrogens is 404 g/mol. The van der Waals surface area contributed by atoms with Crippen LogP contribution in [0.25, 0.3) is 0 Å². The number of unbranched alkanes of at least 4 members (excludes halogenated alkanes) is 13. The first-order valence-electron chi connectivity index (χ1n) is 14.1. The molecule has 190 valence electrons. The van der Waals surface area contributed by atoms with Crippen LogP contribution in [0.4, 0.5) is 0 Å². The van der Waals surface area contributed by atoms with Crippen molar-refractivity contribution in [1.82, 2.24) is 0 Å².